The Morgan fingerprint density at radius 1 is 1.04 bits per heavy atom. The lowest BCUT2D eigenvalue weighted by Crippen LogP contribution is -2.49. The molecule has 1 heterocycles. The highest BCUT2D eigenvalue weighted by atomic mass is 127. The first-order chi connectivity index (χ1) is 13.2. The van der Waals surface area contributed by atoms with Crippen LogP contribution in [0, 0.1) is 0 Å². The third kappa shape index (κ3) is 11.2. The van der Waals surface area contributed by atoms with Gasteiger partial charge in [-0.15, -0.1) is 24.0 Å². The molecule has 166 valence electrons. The van der Waals surface area contributed by atoms with Crippen LogP contribution in [-0.2, 0) is 9.47 Å². The number of guanidine groups is 1. The molecule has 0 amide bonds. The van der Waals surface area contributed by atoms with Crippen molar-refractivity contribution in [1.29, 1.82) is 0 Å². The lowest BCUT2D eigenvalue weighted by Gasteiger charge is -2.33. The van der Waals surface area contributed by atoms with E-state index in [1.165, 1.54) is 38.5 Å². The summed E-state index contributed by atoms with van der Waals surface area (Å²) in [4.78, 5) is 6.87. The van der Waals surface area contributed by atoms with Gasteiger partial charge < -0.3 is 25.0 Å². The molecule has 0 bridgehead atoms. The Balaban J connectivity index is 0.00000392. The molecular formula is C21H43IN4O2. The van der Waals surface area contributed by atoms with E-state index < -0.39 is 0 Å². The number of halogens is 1. The lowest BCUT2D eigenvalue weighted by atomic mass is 10.1. The number of rotatable bonds is 9. The van der Waals surface area contributed by atoms with E-state index >= 15 is 0 Å². The van der Waals surface area contributed by atoms with Gasteiger partial charge in [-0.25, -0.2) is 0 Å². The van der Waals surface area contributed by atoms with Crippen LogP contribution in [0.15, 0.2) is 4.99 Å². The molecule has 0 aromatic carbocycles. The SMILES string of the molecule is CN=C(NCCOC1CCCCCC1)NC1CCN(CCOC(C)C)CC1.I. The van der Waals surface area contributed by atoms with Crippen LogP contribution in [0.1, 0.15) is 65.2 Å². The van der Waals surface area contributed by atoms with Crippen molar-refractivity contribution >= 4 is 29.9 Å². The smallest absolute Gasteiger partial charge is 0.191 e. The standard InChI is InChI=1S/C21H42N4O2.HI/c1-18(2)26-17-15-25-13-10-19(11-14-25)24-21(22-3)23-12-16-27-20-8-6-4-5-7-9-20;/h18-20H,4-17H2,1-3H3,(H2,22,23,24);1H. The summed E-state index contributed by atoms with van der Waals surface area (Å²) in [5, 5.41) is 6.98. The first-order valence-corrected chi connectivity index (χ1v) is 11.1. The van der Waals surface area contributed by atoms with Gasteiger partial charge in [0.15, 0.2) is 5.96 Å². The van der Waals surface area contributed by atoms with Crippen LogP contribution in [0.5, 0.6) is 0 Å². The minimum atomic E-state index is 0. The van der Waals surface area contributed by atoms with E-state index in [1.807, 2.05) is 7.05 Å². The number of likely N-dealkylation sites (tertiary alicyclic amines) is 1. The molecule has 2 N–H and O–H groups in total. The number of hydrogen-bond donors (Lipinski definition) is 2. The number of hydrogen-bond acceptors (Lipinski definition) is 4. The molecule has 1 saturated heterocycles. The summed E-state index contributed by atoms with van der Waals surface area (Å²) in [5.41, 5.74) is 0. The van der Waals surface area contributed by atoms with E-state index in [2.05, 4.69) is 34.4 Å². The van der Waals surface area contributed by atoms with Gasteiger partial charge in [-0.05, 0) is 39.5 Å². The van der Waals surface area contributed by atoms with Gasteiger partial charge in [0.05, 0.1) is 25.4 Å². The Morgan fingerprint density at radius 2 is 1.71 bits per heavy atom. The van der Waals surface area contributed by atoms with E-state index in [-0.39, 0.29) is 24.0 Å². The molecule has 28 heavy (non-hydrogen) atoms. The van der Waals surface area contributed by atoms with Gasteiger partial charge in [0.1, 0.15) is 0 Å². The van der Waals surface area contributed by atoms with E-state index in [9.17, 15) is 0 Å². The maximum absolute atomic E-state index is 6.05. The number of aliphatic imine (C=N–C) groups is 1. The van der Waals surface area contributed by atoms with Gasteiger partial charge in [-0.3, -0.25) is 4.99 Å². The Bertz CT molecular complexity index is 407. The molecule has 0 spiro atoms. The summed E-state index contributed by atoms with van der Waals surface area (Å²) in [6.45, 7) is 9.89. The van der Waals surface area contributed by atoms with Crippen LogP contribution >= 0.6 is 24.0 Å². The molecule has 1 saturated carbocycles. The minimum absolute atomic E-state index is 0. The van der Waals surface area contributed by atoms with Crippen LogP contribution in [0.4, 0.5) is 0 Å². The van der Waals surface area contributed by atoms with Gasteiger partial charge in [-0.2, -0.15) is 0 Å². The zero-order valence-electron chi connectivity index (χ0n) is 18.3. The van der Waals surface area contributed by atoms with Crippen molar-refractivity contribution in [1.82, 2.24) is 15.5 Å². The topological polar surface area (TPSA) is 58.1 Å². The molecule has 6 nitrogen and oxygen atoms in total. The predicted molar refractivity (Wildman–Crippen MR) is 128 cm³/mol. The molecule has 2 rings (SSSR count). The van der Waals surface area contributed by atoms with E-state index in [1.54, 1.807) is 0 Å². The fourth-order valence-corrected chi connectivity index (χ4v) is 3.91. The third-order valence-corrected chi connectivity index (χ3v) is 5.56. The van der Waals surface area contributed by atoms with Gasteiger partial charge >= 0.3 is 0 Å². The molecule has 0 unspecified atom stereocenters. The van der Waals surface area contributed by atoms with Crippen molar-refractivity contribution < 1.29 is 9.47 Å². The summed E-state index contributed by atoms with van der Waals surface area (Å²) in [5.74, 6) is 0.904. The van der Waals surface area contributed by atoms with Gasteiger partial charge in [0.2, 0.25) is 0 Å². The van der Waals surface area contributed by atoms with Crippen molar-refractivity contribution in [2.45, 2.75) is 83.5 Å². The highest BCUT2D eigenvalue weighted by Crippen LogP contribution is 2.19. The third-order valence-electron chi connectivity index (χ3n) is 5.56. The van der Waals surface area contributed by atoms with Crippen LogP contribution < -0.4 is 10.6 Å². The first-order valence-electron chi connectivity index (χ1n) is 11.1. The molecule has 1 aliphatic heterocycles. The van der Waals surface area contributed by atoms with E-state index in [0.717, 1.165) is 58.2 Å². The van der Waals surface area contributed by atoms with Crippen molar-refractivity contribution in [3.05, 3.63) is 0 Å². The van der Waals surface area contributed by atoms with Crippen LogP contribution in [-0.4, -0.2) is 75.5 Å². The van der Waals surface area contributed by atoms with E-state index in [0.29, 0.717) is 18.2 Å². The Hall–Kier alpha value is -0.120. The summed E-state index contributed by atoms with van der Waals surface area (Å²) < 4.78 is 11.7. The first kappa shape index (κ1) is 25.9. The summed E-state index contributed by atoms with van der Waals surface area (Å²) in [7, 11) is 1.85. The Morgan fingerprint density at radius 3 is 2.32 bits per heavy atom. The Labute approximate surface area is 189 Å². The van der Waals surface area contributed by atoms with Gasteiger partial charge in [-0.1, -0.05) is 25.7 Å². The highest BCUT2D eigenvalue weighted by molar-refractivity contribution is 14.0. The van der Waals surface area contributed by atoms with Gasteiger partial charge in [0.25, 0.3) is 0 Å². The molecule has 0 aromatic rings. The van der Waals surface area contributed by atoms with Crippen LogP contribution in [0.25, 0.3) is 0 Å². The van der Waals surface area contributed by atoms with E-state index in [4.69, 9.17) is 9.47 Å². The normalized spacial score (nSPS) is 20.6. The molecule has 0 radical (unpaired) electrons. The number of ether oxygens (including phenoxy) is 2. The Kier molecular flexibility index (Phi) is 14.5. The minimum Gasteiger partial charge on any atom is -0.377 e. The number of nitrogens with zero attached hydrogens (tertiary/aromatic N) is 2. The van der Waals surface area contributed by atoms with Crippen molar-refractivity contribution in [3.63, 3.8) is 0 Å². The fourth-order valence-electron chi connectivity index (χ4n) is 3.91. The average Bonchev–Trinajstić information content (AvgIpc) is 2.94. The molecule has 7 heteroatoms. The largest absolute Gasteiger partial charge is 0.377 e. The summed E-state index contributed by atoms with van der Waals surface area (Å²) in [6, 6.07) is 0.501. The molecule has 2 fully saturated rings. The summed E-state index contributed by atoms with van der Waals surface area (Å²) >= 11 is 0. The zero-order valence-corrected chi connectivity index (χ0v) is 20.6. The monoisotopic (exact) mass is 510 g/mol. The van der Waals surface area contributed by atoms with Gasteiger partial charge in [0, 0.05) is 39.3 Å². The maximum Gasteiger partial charge on any atom is 0.191 e. The van der Waals surface area contributed by atoms with Crippen LogP contribution in [0.2, 0.25) is 0 Å². The fraction of sp³-hybridized carbons (Fsp3) is 0.952. The molecule has 0 atom stereocenters. The molecule has 2 aliphatic rings. The molecule has 1 aliphatic carbocycles. The van der Waals surface area contributed by atoms with Crippen molar-refractivity contribution in [3.8, 4) is 0 Å². The molecular weight excluding hydrogens is 467 g/mol. The number of piperidine rings is 1. The zero-order chi connectivity index (χ0) is 19.3. The van der Waals surface area contributed by atoms with Crippen molar-refractivity contribution in [2.75, 3.05) is 46.4 Å². The lowest BCUT2D eigenvalue weighted by molar-refractivity contribution is 0.0467. The molecule has 0 aromatic heterocycles. The second kappa shape index (κ2) is 15.7. The summed E-state index contributed by atoms with van der Waals surface area (Å²) in [6.07, 6.45) is 11.0. The number of nitrogens with one attached hydrogen (secondary N) is 2. The maximum atomic E-state index is 6.05. The second-order valence-electron chi connectivity index (χ2n) is 8.16. The predicted octanol–water partition coefficient (Wildman–Crippen LogP) is 3.40. The second-order valence-corrected chi connectivity index (χ2v) is 8.16. The highest BCUT2D eigenvalue weighted by Gasteiger charge is 2.20. The van der Waals surface area contributed by atoms with Crippen LogP contribution in [0.3, 0.4) is 0 Å². The average molecular weight is 511 g/mol. The quantitative estimate of drug-likeness (QED) is 0.164. The van der Waals surface area contributed by atoms with Crippen molar-refractivity contribution in [2.24, 2.45) is 4.99 Å².